The third-order valence-corrected chi connectivity index (χ3v) is 6.31. The third kappa shape index (κ3) is 3.67. The van der Waals surface area contributed by atoms with Crippen molar-refractivity contribution >= 4 is 57.7 Å². The Labute approximate surface area is 197 Å². The van der Waals surface area contributed by atoms with E-state index < -0.39 is 10.8 Å². The molecule has 8 nitrogen and oxygen atoms in total. The molecule has 3 aromatic rings. The summed E-state index contributed by atoms with van der Waals surface area (Å²) in [5.74, 6) is -0.503. The monoisotopic (exact) mass is 475 g/mol. The number of hydrogen-bond acceptors (Lipinski definition) is 5. The van der Waals surface area contributed by atoms with Gasteiger partial charge in [0.1, 0.15) is 10.9 Å². The minimum absolute atomic E-state index is 0.0138. The van der Waals surface area contributed by atoms with E-state index in [2.05, 4.69) is 4.99 Å². The van der Waals surface area contributed by atoms with Crippen LogP contribution in [-0.2, 0) is 4.79 Å². The number of amidine groups is 2. The minimum Gasteiger partial charge on any atom is -0.317 e. The van der Waals surface area contributed by atoms with Crippen LogP contribution >= 0.6 is 23.4 Å². The van der Waals surface area contributed by atoms with Crippen LogP contribution in [-0.4, -0.2) is 31.3 Å². The molecule has 0 spiro atoms. The zero-order chi connectivity index (χ0) is 23.1. The van der Waals surface area contributed by atoms with E-state index in [9.17, 15) is 14.9 Å². The number of benzene rings is 2. The minimum atomic E-state index is -0.549. The molecule has 0 saturated heterocycles. The molecular weight excluding hydrogens is 462 g/mol. The van der Waals surface area contributed by atoms with Crippen LogP contribution in [0.15, 0.2) is 82.8 Å². The number of carbonyl (C=O) groups is 1. The largest absolute Gasteiger partial charge is 0.317 e. The van der Waals surface area contributed by atoms with Crippen LogP contribution in [0, 0.1) is 15.5 Å². The third-order valence-electron chi connectivity index (χ3n) is 5.16. The van der Waals surface area contributed by atoms with Crippen LogP contribution in [0.3, 0.4) is 0 Å². The number of nitrogens with zero attached hydrogens (tertiary/aromatic N) is 4. The molecule has 33 heavy (non-hydrogen) atoms. The van der Waals surface area contributed by atoms with Crippen LogP contribution in [0.5, 0.6) is 0 Å². The first-order valence-corrected chi connectivity index (χ1v) is 11.0. The molecule has 0 fully saturated rings. The van der Waals surface area contributed by atoms with Crippen molar-refractivity contribution < 1.29 is 9.72 Å². The average molecular weight is 476 g/mol. The van der Waals surface area contributed by atoms with Gasteiger partial charge in [0.15, 0.2) is 5.17 Å². The predicted molar refractivity (Wildman–Crippen MR) is 129 cm³/mol. The van der Waals surface area contributed by atoms with Gasteiger partial charge in [-0.25, -0.2) is 0 Å². The number of nitro groups is 1. The van der Waals surface area contributed by atoms with Gasteiger partial charge in [0.05, 0.1) is 21.9 Å². The molecule has 0 radical (unpaired) electrons. The molecule has 2 aliphatic rings. The van der Waals surface area contributed by atoms with E-state index in [1.807, 2.05) is 35.7 Å². The Balaban J connectivity index is 1.54. The van der Waals surface area contributed by atoms with Gasteiger partial charge >= 0.3 is 0 Å². The molecule has 2 aromatic carbocycles. The van der Waals surface area contributed by atoms with Crippen LogP contribution in [0.25, 0.3) is 17.5 Å². The Kier molecular flexibility index (Phi) is 5.20. The molecule has 0 aliphatic carbocycles. The molecule has 5 rings (SSSR count). The lowest BCUT2D eigenvalue weighted by atomic mass is 10.1. The van der Waals surface area contributed by atoms with Gasteiger partial charge in [0.25, 0.3) is 11.6 Å². The van der Waals surface area contributed by atoms with Gasteiger partial charge in [0.2, 0.25) is 0 Å². The smallest absolute Gasteiger partial charge is 0.289 e. The topological polar surface area (TPSA) is 105 Å². The molecule has 1 amide bonds. The predicted octanol–water partition coefficient (Wildman–Crippen LogP) is 5.34. The summed E-state index contributed by atoms with van der Waals surface area (Å²) in [6.07, 6.45) is 3.28. The molecule has 0 saturated carbocycles. The van der Waals surface area contributed by atoms with Crippen molar-refractivity contribution in [3.05, 3.63) is 104 Å². The van der Waals surface area contributed by atoms with E-state index >= 15 is 0 Å². The molecule has 162 valence electrons. The summed E-state index contributed by atoms with van der Waals surface area (Å²) >= 11 is 7.23. The summed E-state index contributed by atoms with van der Waals surface area (Å²) in [4.78, 5) is 29.3. The zero-order valence-electron chi connectivity index (χ0n) is 16.8. The van der Waals surface area contributed by atoms with Crippen molar-refractivity contribution in [1.29, 1.82) is 5.41 Å². The van der Waals surface area contributed by atoms with Crippen molar-refractivity contribution in [3.8, 4) is 5.69 Å². The summed E-state index contributed by atoms with van der Waals surface area (Å²) in [5.41, 5.74) is 2.64. The van der Waals surface area contributed by atoms with Gasteiger partial charge in [-0.1, -0.05) is 53.7 Å². The number of nitro benzene ring substituents is 1. The maximum atomic E-state index is 12.8. The standard InChI is InChI=1S/C23H14ClN5O3S/c24-18-9-8-16(12-19(18)29(31)32)27-10-4-7-15(27)11-17-21(25)28-20(14-5-2-1-3-6-14)13-33-23(28)26-22(17)30/h1-13,25H/b17-11-,25-21?. The van der Waals surface area contributed by atoms with E-state index in [0.717, 1.165) is 11.3 Å². The number of rotatable bonds is 4. The number of hydrogen-bond donors (Lipinski definition) is 1. The summed E-state index contributed by atoms with van der Waals surface area (Å²) in [7, 11) is 0. The van der Waals surface area contributed by atoms with Crippen molar-refractivity contribution in [2.24, 2.45) is 4.99 Å². The van der Waals surface area contributed by atoms with Crippen LogP contribution in [0.2, 0.25) is 5.02 Å². The highest BCUT2D eigenvalue weighted by Crippen LogP contribution is 2.37. The fourth-order valence-electron chi connectivity index (χ4n) is 3.60. The molecule has 0 atom stereocenters. The van der Waals surface area contributed by atoms with Gasteiger partial charge in [-0.3, -0.25) is 25.2 Å². The molecule has 3 heterocycles. The molecule has 1 aromatic heterocycles. The average Bonchev–Trinajstić information content (AvgIpc) is 3.44. The summed E-state index contributed by atoms with van der Waals surface area (Å²) in [6.45, 7) is 0. The highest BCUT2D eigenvalue weighted by atomic mass is 35.5. The number of aliphatic imine (C=N–C) groups is 1. The van der Waals surface area contributed by atoms with E-state index in [-0.39, 0.29) is 22.1 Å². The first kappa shape index (κ1) is 20.9. The first-order valence-electron chi connectivity index (χ1n) is 9.72. The lowest BCUT2D eigenvalue weighted by Gasteiger charge is -2.27. The van der Waals surface area contributed by atoms with Crippen molar-refractivity contribution in [1.82, 2.24) is 9.47 Å². The second kappa shape index (κ2) is 8.19. The maximum Gasteiger partial charge on any atom is 0.289 e. The van der Waals surface area contributed by atoms with Gasteiger partial charge < -0.3 is 4.57 Å². The summed E-state index contributed by atoms with van der Waals surface area (Å²) in [5, 5.41) is 22.4. The fraction of sp³-hybridized carbons (Fsp3) is 0. The number of carbonyl (C=O) groups excluding carboxylic acids is 1. The Hall–Kier alpha value is -3.95. The molecule has 2 aliphatic heterocycles. The molecule has 0 unspecified atom stereocenters. The second-order valence-electron chi connectivity index (χ2n) is 7.12. The van der Waals surface area contributed by atoms with Crippen molar-refractivity contribution in [2.75, 3.05) is 0 Å². The normalized spacial score (nSPS) is 16.6. The lowest BCUT2D eigenvalue weighted by molar-refractivity contribution is -0.384. The number of thioether (sulfide) groups is 1. The van der Waals surface area contributed by atoms with Gasteiger partial charge in [-0.05, 0) is 35.9 Å². The highest BCUT2D eigenvalue weighted by Gasteiger charge is 2.36. The molecule has 10 heteroatoms. The number of halogens is 1. The molecular formula is C23H14ClN5O3S. The van der Waals surface area contributed by atoms with Crippen LogP contribution < -0.4 is 0 Å². The quantitative estimate of drug-likeness (QED) is 0.311. The summed E-state index contributed by atoms with van der Waals surface area (Å²) in [6, 6.07) is 17.5. The van der Waals surface area contributed by atoms with Gasteiger partial charge in [0, 0.05) is 23.4 Å². The Morgan fingerprint density at radius 3 is 2.67 bits per heavy atom. The maximum absolute atomic E-state index is 12.8. The SMILES string of the molecule is N=C1/C(=C/c2cccn2-c2ccc(Cl)c([N+](=O)[O-])c2)C(=O)N=C2SC=C(c3ccccc3)N12. The van der Waals surface area contributed by atoms with Crippen molar-refractivity contribution in [3.63, 3.8) is 0 Å². The van der Waals surface area contributed by atoms with E-state index in [0.29, 0.717) is 16.5 Å². The summed E-state index contributed by atoms with van der Waals surface area (Å²) < 4.78 is 1.68. The van der Waals surface area contributed by atoms with E-state index in [4.69, 9.17) is 17.0 Å². The van der Waals surface area contributed by atoms with Gasteiger partial charge in [-0.2, -0.15) is 4.99 Å². The Bertz CT molecular complexity index is 1420. The number of amides is 1. The first-order chi connectivity index (χ1) is 15.9. The van der Waals surface area contributed by atoms with Crippen LogP contribution in [0.4, 0.5) is 5.69 Å². The Morgan fingerprint density at radius 1 is 1.12 bits per heavy atom. The molecule has 0 bridgehead atoms. The lowest BCUT2D eigenvalue weighted by Crippen LogP contribution is -2.38. The molecule has 1 N–H and O–H groups in total. The van der Waals surface area contributed by atoms with E-state index in [1.165, 1.54) is 23.9 Å². The number of aromatic nitrogens is 1. The van der Waals surface area contributed by atoms with Gasteiger partial charge in [-0.15, -0.1) is 0 Å². The zero-order valence-corrected chi connectivity index (χ0v) is 18.4. The van der Waals surface area contributed by atoms with E-state index in [1.54, 1.807) is 39.9 Å². The van der Waals surface area contributed by atoms with Crippen LogP contribution in [0.1, 0.15) is 11.3 Å². The Morgan fingerprint density at radius 2 is 1.91 bits per heavy atom. The second-order valence-corrected chi connectivity index (χ2v) is 8.37. The fourth-order valence-corrected chi connectivity index (χ4v) is 4.68. The number of fused-ring (bicyclic) bond motifs is 1. The number of nitrogens with one attached hydrogen (secondary N) is 1. The van der Waals surface area contributed by atoms with Crippen molar-refractivity contribution in [2.45, 2.75) is 0 Å². The highest BCUT2D eigenvalue weighted by molar-refractivity contribution is 8.17.